The summed E-state index contributed by atoms with van der Waals surface area (Å²) in [5.41, 5.74) is 7.58. The standard InChI is InChI=1S/C14H18N6O/c1-8(2)16-12(21)11-18-13(15)20-14(19-11)17-10-6-4-9(3)5-7-10/h4-8H,1-3H3,(H,16,21)(H3,15,17,18,19,20). The molecule has 0 saturated heterocycles. The summed E-state index contributed by atoms with van der Waals surface area (Å²) in [6, 6.07) is 7.69. The van der Waals surface area contributed by atoms with Crippen LogP contribution in [0.25, 0.3) is 0 Å². The Morgan fingerprint density at radius 3 is 2.43 bits per heavy atom. The van der Waals surface area contributed by atoms with E-state index >= 15 is 0 Å². The molecule has 0 fully saturated rings. The fourth-order valence-electron chi connectivity index (χ4n) is 1.64. The number of aryl methyl sites for hydroxylation is 1. The first-order valence-electron chi connectivity index (χ1n) is 6.60. The van der Waals surface area contributed by atoms with Crippen LogP contribution in [0.2, 0.25) is 0 Å². The summed E-state index contributed by atoms with van der Waals surface area (Å²) in [5, 5.41) is 5.71. The van der Waals surface area contributed by atoms with Gasteiger partial charge in [0.25, 0.3) is 5.91 Å². The number of nitrogens with zero attached hydrogens (tertiary/aromatic N) is 3. The molecule has 1 aromatic carbocycles. The Hall–Kier alpha value is -2.70. The SMILES string of the molecule is Cc1ccc(Nc2nc(N)nc(C(=O)NC(C)C)n2)cc1. The fraction of sp³-hybridized carbons (Fsp3) is 0.286. The van der Waals surface area contributed by atoms with Gasteiger partial charge in [-0.15, -0.1) is 0 Å². The maximum absolute atomic E-state index is 11.9. The lowest BCUT2D eigenvalue weighted by atomic mass is 10.2. The van der Waals surface area contributed by atoms with Crippen LogP contribution in [0.5, 0.6) is 0 Å². The van der Waals surface area contributed by atoms with Gasteiger partial charge in [-0.2, -0.15) is 15.0 Å². The van der Waals surface area contributed by atoms with Crippen molar-refractivity contribution in [2.75, 3.05) is 11.1 Å². The average molecular weight is 286 g/mol. The molecule has 0 aliphatic heterocycles. The lowest BCUT2D eigenvalue weighted by Crippen LogP contribution is -2.32. The van der Waals surface area contributed by atoms with E-state index in [1.807, 2.05) is 45.0 Å². The van der Waals surface area contributed by atoms with E-state index in [0.29, 0.717) is 0 Å². The molecule has 0 saturated carbocycles. The Kier molecular flexibility index (Phi) is 4.32. The zero-order valence-corrected chi connectivity index (χ0v) is 12.2. The number of nitrogens with one attached hydrogen (secondary N) is 2. The molecule has 4 N–H and O–H groups in total. The molecule has 0 spiro atoms. The predicted octanol–water partition coefficient (Wildman–Crippen LogP) is 1.64. The Morgan fingerprint density at radius 1 is 1.14 bits per heavy atom. The maximum atomic E-state index is 11.9. The van der Waals surface area contributed by atoms with Gasteiger partial charge < -0.3 is 16.4 Å². The van der Waals surface area contributed by atoms with E-state index in [9.17, 15) is 4.79 Å². The summed E-state index contributed by atoms with van der Waals surface area (Å²) in [6.07, 6.45) is 0. The van der Waals surface area contributed by atoms with E-state index in [1.165, 1.54) is 0 Å². The number of hydrogen-bond donors (Lipinski definition) is 3. The Bertz CT molecular complexity index is 638. The number of carbonyl (C=O) groups excluding carboxylic acids is 1. The van der Waals surface area contributed by atoms with Gasteiger partial charge in [0, 0.05) is 11.7 Å². The smallest absolute Gasteiger partial charge is 0.289 e. The van der Waals surface area contributed by atoms with Gasteiger partial charge in [0.1, 0.15) is 0 Å². The van der Waals surface area contributed by atoms with Crippen molar-refractivity contribution in [2.24, 2.45) is 0 Å². The first-order valence-corrected chi connectivity index (χ1v) is 6.60. The van der Waals surface area contributed by atoms with Crippen LogP contribution in [0, 0.1) is 6.92 Å². The molecule has 1 amide bonds. The Morgan fingerprint density at radius 2 is 1.81 bits per heavy atom. The fourth-order valence-corrected chi connectivity index (χ4v) is 1.64. The Balaban J connectivity index is 2.22. The van der Waals surface area contributed by atoms with E-state index in [4.69, 9.17) is 5.73 Å². The number of hydrogen-bond acceptors (Lipinski definition) is 6. The lowest BCUT2D eigenvalue weighted by molar-refractivity contribution is 0.0932. The molecule has 21 heavy (non-hydrogen) atoms. The number of anilines is 3. The molecular weight excluding hydrogens is 268 g/mol. The highest BCUT2D eigenvalue weighted by molar-refractivity contribution is 5.91. The van der Waals surface area contributed by atoms with E-state index in [2.05, 4.69) is 25.6 Å². The van der Waals surface area contributed by atoms with Crippen LogP contribution in [0.4, 0.5) is 17.6 Å². The van der Waals surface area contributed by atoms with Crippen LogP contribution in [-0.2, 0) is 0 Å². The van der Waals surface area contributed by atoms with Crippen molar-refractivity contribution >= 4 is 23.5 Å². The van der Waals surface area contributed by atoms with Gasteiger partial charge in [0.05, 0.1) is 0 Å². The highest BCUT2D eigenvalue weighted by Gasteiger charge is 2.13. The number of carbonyl (C=O) groups is 1. The minimum absolute atomic E-state index is 0.00600. The number of nitrogens with two attached hydrogens (primary N) is 1. The summed E-state index contributed by atoms with van der Waals surface area (Å²) in [5.74, 6) is -0.161. The van der Waals surface area contributed by atoms with Gasteiger partial charge in [-0.25, -0.2) is 0 Å². The zero-order chi connectivity index (χ0) is 15.4. The van der Waals surface area contributed by atoms with Gasteiger partial charge in [0.15, 0.2) is 0 Å². The molecular formula is C14H18N6O. The third kappa shape index (κ3) is 4.13. The minimum Gasteiger partial charge on any atom is -0.368 e. The van der Waals surface area contributed by atoms with E-state index in [0.717, 1.165) is 11.3 Å². The molecule has 7 nitrogen and oxygen atoms in total. The summed E-state index contributed by atoms with van der Waals surface area (Å²) in [6.45, 7) is 5.71. The minimum atomic E-state index is -0.383. The van der Waals surface area contributed by atoms with Crippen molar-refractivity contribution in [3.8, 4) is 0 Å². The number of rotatable bonds is 4. The van der Waals surface area contributed by atoms with Crippen molar-refractivity contribution in [3.05, 3.63) is 35.7 Å². The molecule has 0 aliphatic carbocycles. The molecule has 0 radical (unpaired) electrons. The lowest BCUT2D eigenvalue weighted by Gasteiger charge is -2.09. The Labute approximate surface area is 123 Å². The largest absolute Gasteiger partial charge is 0.368 e. The predicted molar refractivity (Wildman–Crippen MR) is 81.3 cm³/mol. The second kappa shape index (κ2) is 6.17. The van der Waals surface area contributed by atoms with Gasteiger partial charge in [-0.3, -0.25) is 4.79 Å². The monoisotopic (exact) mass is 286 g/mol. The van der Waals surface area contributed by atoms with Gasteiger partial charge in [0.2, 0.25) is 17.7 Å². The number of nitrogen functional groups attached to an aromatic ring is 1. The number of aromatic nitrogens is 3. The van der Waals surface area contributed by atoms with Crippen LogP contribution in [-0.4, -0.2) is 26.9 Å². The van der Waals surface area contributed by atoms with E-state index < -0.39 is 0 Å². The van der Waals surface area contributed by atoms with Gasteiger partial charge in [-0.1, -0.05) is 17.7 Å². The summed E-state index contributed by atoms with van der Waals surface area (Å²) in [4.78, 5) is 23.8. The van der Waals surface area contributed by atoms with E-state index in [1.54, 1.807) is 0 Å². The molecule has 0 unspecified atom stereocenters. The molecule has 110 valence electrons. The molecule has 1 aromatic heterocycles. The first kappa shape index (κ1) is 14.7. The van der Waals surface area contributed by atoms with Crippen LogP contribution in [0.1, 0.15) is 30.0 Å². The number of amides is 1. The zero-order valence-electron chi connectivity index (χ0n) is 12.2. The van der Waals surface area contributed by atoms with Crippen LogP contribution < -0.4 is 16.4 Å². The molecule has 0 aliphatic rings. The molecule has 2 rings (SSSR count). The molecule has 0 bridgehead atoms. The molecule has 0 atom stereocenters. The maximum Gasteiger partial charge on any atom is 0.289 e. The number of benzene rings is 1. The average Bonchev–Trinajstić information content (AvgIpc) is 2.40. The highest BCUT2D eigenvalue weighted by atomic mass is 16.2. The summed E-state index contributed by atoms with van der Waals surface area (Å²) < 4.78 is 0. The van der Waals surface area contributed by atoms with Crippen molar-refractivity contribution < 1.29 is 4.79 Å². The second-order valence-corrected chi connectivity index (χ2v) is 4.96. The normalized spacial score (nSPS) is 10.5. The topological polar surface area (TPSA) is 106 Å². The van der Waals surface area contributed by atoms with Crippen molar-refractivity contribution in [1.29, 1.82) is 0 Å². The van der Waals surface area contributed by atoms with Crippen LogP contribution in [0.3, 0.4) is 0 Å². The van der Waals surface area contributed by atoms with Gasteiger partial charge >= 0.3 is 0 Å². The highest BCUT2D eigenvalue weighted by Crippen LogP contribution is 2.14. The summed E-state index contributed by atoms with van der Waals surface area (Å²) >= 11 is 0. The molecule has 1 heterocycles. The van der Waals surface area contributed by atoms with Crippen molar-refractivity contribution in [2.45, 2.75) is 26.8 Å². The van der Waals surface area contributed by atoms with Crippen molar-refractivity contribution in [3.63, 3.8) is 0 Å². The van der Waals surface area contributed by atoms with Crippen LogP contribution >= 0.6 is 0 Å². The quantitative estimate of drug-likeness (QED) is 0.789. The second-order valence-electron chi connectivity index (χ2n) is 4.96. The molecule has 7 heteroatoms. The molecule has 2 aromatic rings. The van der Waals surface area contributed by atoms with Crippen LogP contribution in [0.15, 0.2) is 24.3 Å². The summed E-state index contributed by atoms with van der Waals surface area (Å²) in [7, 11) is 0. The van der Waals surface area contributed by atoms with Gasteiger partial charge in [-0.05, 0) is 32.9 Å². The first-order chi connectivity index (χ1) is 9.94. The third-order valence-electron chi connectivity index (χ3n) is 2.58. The third-order valence-corrected chi connectivity index (χ3v) is 2.58. The van der Waals surface area contributed by atoms with E-state index in [-0.39, 0.29) is 29.7 Å². The van der Waals surface area contributed by atoms with Crippen molar-refractivity contribution in [1.82, 2.24) is 20.3 Å².